The molecule has 1 N–H and O–H groups in total. The predicted molar refractivity (Wildman–Crippen MR) is 73.2 cm³/mol. The average molecular weight is 242 g/mol. The molecular weight excluding hydrogens is 216 g/mol. The fraction of sp³-hybridized carbons (Fsp3) is 1.00. The molecule has 0 aromatic rings. The van der Waals surface area contributed by atoms with Crippen molar-refractivity contribution < 1.29 is 0 Å². The van der Waals surface area contributed by atoms with Crippen LogP contribution in [0.3, 0.4) is 0 Å². The fourth-order valence-electron chi connectivity index (χ4n) is 2.80. The van der Waals surface area contributed by atoms with Gasteiger partial charge in [0.25, 0.3) is 0 Å². The van der Waals surface area contributed by atoms with Gasteiger partial charge in [0.05, 0.1) is 0 Å². The van der Waals surface area contributed by atoms with E-state index in [2.05, 4.69) is 29.0 Å². The molecule has 1 unspecified atom stereocenters. The van der Waals surface area contributed by atoms with Crippen molar-refractivity contribution in [1.29, 1.82) is 0 Å². The van der Waals surface area contributed by atoms with E-state index in [4.69, 9.17) is 0 Å². The molecule has 0 radical (unpaired) electrons. The molecule has 1 heterocycles. The highest BCUT2D eigenvalue weighted by Gasteiger charge is 2.19. The van der Waals surface area contributed by atoms with Crippen molar-refractivity contribution >= 4 is 11.8 Å². The van der Waals surface area contributed by atoms with Gasteiger partial charge in [-0.3, -0.25) is 0 Å². The number of nitrogens with zero attached hydrogens (tertiary/aromatic N) is 1. The SMILES string of the molecule is CN(CCNC1CCCCC1)C1CCSC1. The largest absolute Gasteiger partial charge is 0.313 e. The van der Waals surface area contributed by atoms with Crippen LogP contribution in [0.1, 0.15) is 38.5 Å². The van der Waals surface area contributed by atoms with Gasteiger partial charge in [0, 0.05) is 30.9 Å². The van der Waals surface area contributed by atoms with Crippen LogP contribution in [0.15, 0.2) is 0 Å². The molecule has 2 rings (SSSR count). The van der Waals surface area contributed by atoms with Gasteiger partial charge in [-0.1, -0.05) is 19.3 Å². The topological polar surface area (TPSA) is 15.3 Å². The highest BCUT2D eigenvalue weighted by molar-refractivity contribution is 7.99. The quantitative estimate of drug-likeness (QED) is 0.797. The van der Waals surface area contributed by atoms with Crippen molar-refractivity contribution in [3.8, 4) is 0 Å². The molecule has 1 atom stereocenters. The molecule has 1 aliphatic carbocycles. The first kappa shape index (κ1) is 12.7. The lowest BCUT2D eigenvalue weighted by Gasteiger charge is -2.27. The first-order valence-electron chi connectivity index (χ1n) is 6.87. The minimum absolute atomic E-state index is 0.820. The summed E-state index contributed by atoms with van der Waals surface area (Å²) in [5.41, 5.74) is 0. The second-order valence-corrected chi connectivity index (χ2v) is 6.44. The van der Waals surface area contributed by atoms with Gasteiger partial charge in [0.2, 0.25) is 0 Å². The van der Waals surface area contributed by atoms with Crippen molar-refractivity contribution in [2.45, 2.75) is 50.6 Å². The van der Waals surface area contributed by atoms with Gasteiger partial charge in [-0.05, 0) is 32.1 Å². The molecule has 1 saturated heterocycles. The monoisotopic (exact) mass is 242 g/mol. The number of nitrogens with one attached hydrogen (secondary N) is 1. The third-order valence-corrected chi connectivity index (χ3v) is 5.18. The van der Waals surface area contributed by atoms with E-state index in [-0.39, 0.29) is 0 Å². The van der Waals surface area contributed by atoms with Gasteiger partial charge in [-0.15, -0.1) is 0 Å². The summed E-state index contributed by atoms with van der Waals surface area (Å²) in [5, 5.41) is 3.73. The molecule has 1 aliphatic heterocycles. The first-order chi connectivity index (χ1) is 7.86. The highest BCUT2D eigenvalue weighted by atomic mass is 32.2. The number of hydrogen-bond acceptors (Lipinski definition) is 3. The van der Waals surface area contributed by atoms with Crippen LogP contribution in [0, 0.1) is 0 Å². The van der Waals surface area contributed by atoms with Gasteiger partial charge in [-0.2, -0.15) is 11.8 Å². The molecule has 2 nitrogen and oxygen atoms in total. The lowest BCUT2D eigenvalue weighted by molar-refractivity contribution is 0.252. The van der Waals surface area contributed by atoms with Crippen LogP contribution < -0.4 is 5.32 Å². The molecular formula is C13H26N2S. The van der Waals surface area contributed by atoms with Crippen molar-refractivity contribution in [3.05, 3.63) is 0 Å². The third kappa shape index (κ3) is 3.94. The number of hydrogen-bond donors (Lipinski definition) is 1. The first-order valence-corrected chi connectivity index (χ1v) is 8.03. The van der Waals surface area contributed by atoms with Gasteiger partial charge >= 0.3 is 0 Å². The lowest BCUT2D eigenvalue weighted by atomic mass is 9.95. The molecule has 0 spiro atoms. The maximum atomic E-state index is 3.73. The van der Waals surface area contributed by atoms with Gasteiger partial charge < -0.3 is 10.2 Å². The smallest absolute Gasteiger partial charge is 0.0191 e. The Balaban J connectivity index is 1.56. The van der Waals surface area contributed by atoms with Gasteiger partial charge in [0.15, 0.2) is 0 Å². The van der Waals surface area contributed by atoms with Crippen LogP contribution in [-0.4, -0.2) is 48.6 Å². The summed E-state index contributed by atoms with van der Waals surface area (Å²) in [6.45, 7) is 2.41. The molecule has 1 saturated carbocycles. The second kappa shape index (κ2) is 6.87. The Hall–Kier alpha value is 0.270. The lowest BCUT2D eigenvalue weighted by Crippen LogP contribution is -2.40. The Morgan fingerprint density at radius 2 is 2.00 bits per heavy atom. The van der Waals surface area contributed by atoms with Crippen LogP contribution in [0.2, 0.25) is 0 Å². The van der Waals surface area contributed by atoms with E-state index in [1.165, 1.54) is 63.1 Å². The third-order valence-electron chi connectivity index (χ3n) is 4.03. The summed E-state index contributed by atoms with van der Waals surface area (Å²) in [6.07, 6.45) is 8.54. The maximum Gasteiger partial charge on any atom is 0.0191 e. The summed E-state index contributed by atoms with van der Waals surface area (Å²) < 4.78 is 0. The van der Waals surface area contributed by atoms with Crippen LogP contribution in [0.4, 0.5) is 0 Å². The minimum Gasteiger partial charge on any atom is -0.313 e. The zero-order chi connectivity index (χ0) is 11.2. The minimum atomic E-state index is 0.820. The molecule has 3 heteroatoms. The maximum absolute atomic E-state index is 3.73. The Kier molecular flexibility index (Phi) is 5.46. The Morgan fingerprint density at radius 1 is 1.19 bits per heavy atom. The van der Waals surface area contributed by atoms with Crippen LogP contribution in [0.5, 0.6) is 0 Å². The Morgan fingerprint density at radius 3 is 2.69 bits per heavy atom. The van der Waals surface area contributed by atoms with E-state index in [1.807, 2.05) is 0 Å². The van der Waals surface area contributed by atoms with Crippen molar-refractivity contribution in [2.24, 2.45) is 0 Å². The zero-order valence-electron chi connectivity index (χ0n) is 10.6. The highest BCUT2D eigenvalue weighted by Crippen LogP contribution is 2.21. The molecule has 0 aromatic carbocycles. The number of likely N-dealkylation sites (N-methyl/N-ethyl adjacent to an activating group) is 1. The van der Waals surface area contributed by atoms with Crippen LogP contribution >= 0.6 is 11.8 Å². The van der Waals surface area contributed by atoms with Gasteiger partial charge in [0.1, 0.15) is 0 Å². The Bertz CT molecular complexity index is 186. The molecule has 0 amide bonds. The van der Waals surface area contributed by atoms with Crippen LogP contribution in [-0.2, 0) is 0 Å². The summed E-state index contributed by atoms with van der Waals surface area (Å²) >= 11 is 2.11. The molecule has 2 fully saturated rings. The average Bonchev–Trinajstić information content (AvgIpc) is 2.84. The Labute approximate surface area is 105 Å². The van der Waals surface area contributed by atoms with E-state index < -0.39 is 0 Å². The molecule has 94 valence electrons. The van der Waals surface area contributed by atoms with Gasteiger partial charge in [-0.25, -0.2) is 0 Å². The summed E-state index contributed by atoms with van der Waals surface area (Å²) in [6, 6.07) is 1.67. The van der Waals surface area contributed by atoms with E-state index in [0.717, 1.165) is 12.1 Å². The molecule has 16 heavy (non-hydrogen) atoms. The molecule has 2 aliphatic rings. The van der Waals surface area contributed by atoms with Crippen LogP contribution in [0.25, 0.3) is 0 Å². The van der Waals surface area contributed by atoms with E-state index in [1.54, 1.807) is 0 Å². The normalized spacial score (nSPS) is 27.8. The number of rotatable bonds is 5. The summed E-state index contributed by atoms with van der Waals surface area (Å²) in [7, 11) is 2.29. The van der Waals surface area contributed by atoms with Crippen molar-refractivity contribution in [1.82, 2.24) is 10.2 Å². The van der Waals surface area contributed by atoms with E-state index in [0.29, 0.717) is 0 Å². The van der Waals surface area contributed by atoms with E-state index >= 15 is 0 Å². The predicted octanol–water partition coefficient (Wildman–Crippen LogP) is 2.35. The standard InChI is InChI=1S/C13H26N2S/c1-15(13-7-10-16-11-13)9-8-14-12-5-3-2-4-6-12/h12-14H,2-11H2,1H3. The molecule has 0 aromatic heterocycles. The second-order valence-electron chi connectivity index (χ2n) is 5.29. The van der Waals surface area contributed by atoms with E-state index in [9.17, 15) is 0 Å². The summed E-state index contributed by atoms with van der Waals surface area (Å²) in [5.74, 6) is 2.71. The fourth-order valence-corrected chi connectivity index (χ4v) is 4.10. The summed E-state index contributed by atoms with van der Waals surface area (Å²) in [4.78, 5) is 2.55. The number of thioether (sulfide) groups is 1. The zero-order valence-corrected chi connectivity index (χ0v) is 11.4. The van der Waals surface area contributed by atoms with Crippen molar-refractivity contribution in [2.75, 3.05) is 31.6 Å². The van der Waals surface area contributed by atoms with Crippen molar-refractivity contribution in [3.63, 3.8) is 0 Å². The molecule has 0 bridgehead atoms.